The van der Waals surface area contributed by atoms with Crippen molar-refractivity contribution in [2.45, 2.75) is 13.5 Å². The zero-order valence-corrected chi connectivity index (χ0v) is 11.4. The number of fused-ring (bicyclic) bond motifs is 1. The first-order valence-electron chi connectivity index (χ1n) is 6.47. The molecule has 106 valence electrons. The summed E-state index contributed by atoms with van der Waals surface area (Å²) < 4.78 is 6.88. The van der Waals surface area contributed by atoms with E-state index in [0.717, 1.165) is 11.3 Å². The summed E-state index contributed by atoms with van der Waals surface area (Å²) in [5.41, 5.74) is 2.25. The first-order valence-corrected chi connectivity index (χ1v) is 6.47. The number of aryl methyl sites for hydroxylation is 1. The first-order chi connectivity index (χ1) is 10.0. The Labute approximate surface area is 120 Å². The van der Waals surface area contributed by atoms with Gasteiger partial charge in [0.1, 0.15) is 5.58 Å². The molecule has 0 atom stereocenters. The van der Waals surface area contributed by atoms with Crippen LogP contribution in [0.3, 0.4) is 0 Å². The van der Waals surface area contributed by atoms with Crippen molar-refractivity contribution in [3.63, 3.8) is 0 Å². The fraction of sp³-hybridized carbons (Fsp3) is 0.125. The van der Waals surface area contributed by atoms with Crippen molar-refractivity contribution in [1.29, 1.82) is 0 Å². The minimum atomic E-state index is -1.09. The molecule has 0 bridgehead atoms. The van der Waals surface area contributed by atoms with Crippen molar-refractivity contribution in [2.24, 2.45) is 0 Å². The molecule has 2 heterocycles. The number of furan rings is 1. The quantitative estimate of drug-likeness (QED) is 0.802. The van der Waals surface area contributed by atoms with E-state index in [0.29, 0.717) is 17.5 Å². The second-order valence-electron chi connectivity index (χ2n) is 4.88. The third-order valence-electron chi connectivity index (χ3n) is 3.40. The Morgan fingerprint density at radius 2 is 2.05 bits per heavy atom. The van der Waals surface area contributed by atoms with E-state index in [-0.39, 0.29) is 11.3 Å². The average Bonchev–Trinajstić information content (AvgIpc) is 2.86. The summed E-state index contributed by atoms with van der Waals surface area (Å²) in [5, 5.41) is 9.64. The highest BCUT2D eigenvalue weighted by atomic mass is 16.4. The van der Waals surface area contributed by atoms with E-state index in [1.165, 1.54) is 12.1 Å². The van der Waals surface area contributed by atoms with Crippen molar-refractivity contribution in [2.75, 3.05) is 0 Å². The van der Waals surface area contributed by atoms with E-state index in [4.69, 9.17) is 9.52 Å². The third kappa shape index (κ3) is 2.45. The number of rotatable bonds is 3. The molecular formula is C16H13NO4. The van der Waals surface area contributed by atoms with Gasteiger partial charge >= 0.3 is 5.97 Å². The number of carbonyl (C=O) groups is 1. The molecule has 0 spiro atoms. The molecule has 5 heteroatoms. The van der Waals surface area contributed by atoms with E-state index in [9.17, 15) is 9.59 Å². The Bertz CT molecular complexity index is 889. The van der Waals surface area contributed by atoms with Crippen molar-refractivity contribution < 1.29 is 14.3 Å². The molecule has 1 aromatic carbocycles. The summed E-state index contributed by atoms with van der Waals surface area (Å²) in [6, 6.07) is 12.0. The smallest absolute Gasteiger partial charge is 0.371 e. The second kappa shape index (κ2) is 4.94. The number of pyridine rings is 1. The van der Waals surface area contributed by atoms with Gasteiger partial charge in [-0.2, -0.15) is 0 Å². The molecule has 21 heavy (non-hydrogen) atoms. The minimum Gasteiger partial charge on any atom is -0.475 e. The van der Waals surface area contributed by atoms with E-state index in [1.54, 1.807) is 16.7 Å². The molecule has 0 aliphatic rings. The highest BCUT2D eigenvalue weighted by Crippen LogP contribution is 2.21. The number of benzene rings is 1. The van der Waals surface area contributed by atoms with Crippen molar-refractivity contribution >= 4 is 16.9 Å². The number of nitrogens with zero attached hydrogens (tertiary/aromatic N) is 1. The van der Waals surface area contributed by atoms with Crippen LogP contribution in [0, 0.1) is 6.92 Å². The number of aromatic carboxylic acids is 1. The van der Waals surface area contributed by atoms with Gasteiger partial charge in [-0.3, -0.25) is 4.79 Å². The summed E-state index contributed by atoms with van der Waals surface area (Å²) in [6.45, 7) is 2.31. The predicted molar refractivity (Wildman–Crippen MR) is 77.7 cm³/mol. The lowest BCUT2D eigenvalue weighted by molar-refractivity contribution is 0.0665. The lowest BCUT2D eigenvalue weighted by Crippen LogP contribution is -2.21. The van der Waals surface area contributed by atoms with E-state index < -0.39 is 5.97 Å². The van der Waals surface area contributed by atoms with E-state index >= 15 is 0 Å². The van der Waals surface area contributed by atoms with Gasteiger partial charge in [0.25, 0.3) is 5.56 Å². The Balaban J connectivity index is 2.01. The van der Waals surface area contributed by atoms with Crippen LogP contribution in [0.25, 0.3) is 11.0 Å². The Morgan fingerprint density at radius 3 is 2.76 bits per heavy atom. The molecule has 0 radical (unpaired) electrons. The maximum atomic E-state index is 11.9. The molecule has 0 aliphatic carbocycles. The summed E-state index contributed by atoms with van der Waals surface area (Å²) in [7, 11) is 0. The lowest BCUT2D eigenvalue weighted by Gasteiger charge is -2.09. The van der Waals surface area contributed by atoms with Gasteiger partial charge in [0.15, 0.2) is 0 Å². The molecule has 0 amide bonds. The number of carboxylic acid groups (broad SMARTS) is 1. The molecule has 0 fully saturated rings. The molecule has 1 N–H and O–H groups in total. The van der Waals surface area contributed by atoms with Gasteiger partial charge in [0, 0.05) is 17.1 Å². The van der Waals surface area contributed by atoms with Crippen LogP contribution >= 0.6 is 0 Å². The topological polar surface area (TPSA) is 72.4 Å². The predicted octanol–water partition coefficient (Wildman–Crippen LogP) is 2.65. The summed E-state index contributed by atoms with van der Waals surface area (Å²) >= 11 is 0. The Hall–Kier alpha value is -2.82. The van der Waals surface area contributed by atoms with Crippen molar-refractivity contribution in [1.82, 2.24) is 4.57 Å². The summed E-state index contributed by atoms with van der Waals surface area (Å²) in [5.74, 6) is -1.18. The molecule has 3 aromatic rings. The Morgan fingerprint density at radius 1 is 1.24 bits per heavy atom. The standard InChI is InChI=1S/C16H13NO4/c1-10-3-2-4-15(18)17(10)9-11-5-6-13-12(7-11)8-14(21-13)16(19)20/h2-8H,9H2,1H3,(H,19,20). The normalized spacial score (nSPS) is 10.9. The summed E-state index contributed by atoms with van der Waals surface area (Å²) in [6.07, 6.45) is 0. The maximum Gasteiger partial charge on any atom is 0.371 e. The maximum absolute atomic E-state index is 11.9. The molecule has 0 saturated heterocycles. The second-order valence-corrected chi connectivity index (χ2v) is 4.88. The SMILES string of the molecule is Cc1cccc(=O)n1Cc1ccc2oc(C(=O)O)cc2c1. The van der Waals surface area contributed by atoms with Gasteiger partial charge in [-0.15, -0.1) is 0 Å². The molecular weight excluding hydrogens is 270 g/mol. The van der Waals surface area contributed by atoms with E-state index in [1.807, 2.05) is 25.1 Å². The molecule has 0 aliphatic heterocycles. The van der Waals surface area contributed by atoms with Gasteiger partial charge in [-0.1, -0.05) is 12.1 Å². The number of hydrogen-bond acceptors (Lipinski definition) is 3. The van der Waals surface area contributed by atoms with Gasteiger partial charge in [0.2, 0.25) is 5.76 Å². The fourth-order valence-electron chi connectivity index (χ4n) is 2.31. The third-order valence-corrected chi connectivity index (χ3v) is 3.40. The lowest BCUT2D eigenvalue weighted by atomic mass is 10.1. The minimum absolute atomic E-state index is 0.0616. The van der Waals surface area contributed by atoms with Crippen LogP contribution in [0.1, 0.15) is 21.8 Å². The van der Waals surface area contributed by atoms with Crippen LogP contribution in [0.2, 0.25) is 0 Å². The van der Waals surface area contributed by atoms with Crippen LogP contribution < -0.4 is 5.56 Å². The van der Waals surface area contributed by atoms with Crippen LogP contribution in [0.5, 0.6) is 0 Å². The number of hydrogen-bond donors (Lipinski definition) is 1. The highest BCUT2D eigenvalue weighted by molar-refractivity contribution is 5.91. The van der Waals surface area contributed by atoms with Gasteiger partial charge in [0.05, 0.1) is 6.54 Å². The molecule has 0 saturated carbocycles. The highest BCUT2D eigenvalue weighted by Gasteiger charge is 2.11. The first kappa shape index (κ1) is 13.2. The van der Waals surface area contributed by atoms with Crippen molar-refractivity contribution in [3.8, 4) is 0 Å². The van der Waals surface area contributed by atoms with Gasteiger partial charge < -0.3 is 14.1 Å². The zero-order chi connectivity index (χ0) is 15.0. The zero-order valence-electron chi connectivity index (χ0n) is 11.4. The Kier molecular flexibility index (Phi) is 3.10. The molecule has 0 unspecified atom stereocenters. The average molecular weight is 283 g/mol. The van der Waals surface area contributed by atoms with Gasteiger partial charge in [-0.05, 0) is 36.8 Å². The molecule has 5 nitrogen and oxygen atoms in total. The van der Waals surface area contributed by atoms with Crippen LogP contribution in [-0.4, -0.2) is 15.6 Å². The molecule has 3 rings (SSSR count). The van der Waals surface area contributed by atoms with Crippen LogP contribution in [0.15, 0.2) is 51.7 Å². The van der Waals surface area contributed by atoms with Crippen molar-refractivity contribution in [3.05, 3.63) is 69.8 Å². The monoisotopic (exact) mass is 283 g/mol. The number of aromatic nitrogens is 1. The number of carboxylic acids is 1. The van der Waals surface area contributed by atoms with E-state index in [2.05, 4.69) is 0 Å². The molecule has 2 aromatic heterocycles. The van der Waals surface area contributed by atoms with Crippen LogP contribution in [-0.2, 0) is 6.54 Å². The van der Waals surface area contributed by atoms with Gasteiger partial charge in [-0.25, -0.2) is 4.79 Å². The van der Waals surface area contributed by atoms with Crippen LogP contribution in [0.4, 0.5) is 0 Å². The largest absolute Gasteiger partial charge is 0.475 e. The fourth-order valence-corrected chi connectivity index (χ4v) is 2.31. The summed E-state index contributed by atoms with van der Waals surface area (Å²) in [4.78, 5) is 22.8.